The van der Waals surface area contributed by atoms with Crippen LogP contribution in [0.3, 0.4) is 0 Å². The Bertz CT molecular complexity index is 1060. The van der Waals surface area contributed by atoms with Gasteiger partial charge in [-0.15, -0.1) is 0 Å². The van der Waals surface area contributed by atoms with Crippen LogP contribution in [0.1, 0.15) is 41.0 Å². The molecule has 0 spiro atoms. The Morgan fingerprint density at radius 1 is 1.33 bits per heavy atom. The summed E-state index contributed by atoms with van der Waals surface area (Å²) in [6.07, 6.45) is -0.980. The van der Waals surface area contributed by atoms with E-state index in [1.165, 1.54) is 18.2 Å². The van der Waals surface area contributed by atoms with Crippen molar-refractivity contribution in [1.82, 2.24) is 19.6 Å². The van der Waals surface area contributed by atoms with Gasteiger partial charge in [0.2, 0.25) is 6.43 Å². The number of anilines is 1. The summed E-state index contributed by atoms with van der Waals surface area (Å²) in [7, 11) is 1.71. The molecule has 2 aliphatic heterocycles. The lowest BCUT2D eigenvalue weighted by atomic mass is 10.0. The third-order valence-electron chi connectivity index (χ3n) is 6.11. The Balaban J connectivity index is 1.50. The van der Waals surface area contributed by atoms with Crippen molar-refractivity contribution in [2.45, 2.75) is 45.2 Å². The van der Waals surface area contributed by atoms with Crippen molar-refractivity contribution < 1.29 is 22.8 Å². The lowest BCUT2D eigenvalue weighted by Gasteiger charge is -2.27. The van der Waals surface area contributed by atoms with Gasteiger partial charge in [0.05, 0.1) is 16.7 Å². The van der Waals surface area contributed by atoms with E-state index in [-0.39, 0.29) is 35.3 Å². The number of urea groups is 1. The van der Waals surface area contributed by atoms with Crippen LogP contribution < -0.4 is 5.32 Å². The number of alkyl halides is 2. The first kappa shape index (κ1) is 23.6. The molecule has 1 atom stereocenters. The van der Waals surface area contributed by atoms with E-state index in [9.17, 15) is 22.8 Å². The van der Waals surface area contributed by atoms with Crippen LogP contribution in [0.5, 0.6) is 0 Å². The summed E-state index contributed by atoms with van der Waals surface area (Å²) in [5.74, 6) is -0.560. The third kappa shape index (κ3) is 5.18. The molecule has 0 aliphatic carbocycles. The van der Waals surface area contributed by atoms with Crippen molar-refractivity contribution in [3.8, 4) is 0 Å². The van der Waals surface area contributed by atoms with Gasteiger partial charge < -0.3 is 15.1 Å². The molecule has 11 heteroatoms. The number of benzene rings is 1. The number of halogens is 4. The van der Waals surface area contributed by atoms with Gasteiger partial charge in [-0.2, -0.15) is 5.10 Å². The molecule has 33 heavy (non-hydrogen) atoms. The van der Waals surface area contributed by atoms with Gasteiger partial charge in [-0.25, -0.2) is 18.0 Å². The monoisotopic (exact) mass is 527 g/mol. The summed E-state index contributed by atoms with van der Waals surface area (Å²) >= 11 is 3.11. The number of hydrogen-bond acceptors (Lipinski definition) is 3. The van der Waals surface area contributed by atoms with Crippen LogP contribution in [0.4, 0.5) is 23.7 Å². The van der Waals surface area contributed by atoms with E-state index in [1.54, 1.807) is 21.5 Å². The second-order valence-corrected chi connectivity index (χ2v) is 9.41. The van der Waals surface area contributed by atoms with Gasteiger partial charge in [-0.05, 0) is 52.9 Å². The fourth-order valence-corrected chi connectivity index (χ4v) is 4.82. The van der Waals surface area contributed by atoms with Crippen LogP contribution >= 0.6 is 15.9 Å². The standard InChI is InChI=1S/C22H25BrF3N5O2/c1-29-10-13(3-2-4-19(25)26)11-31-20(21(29)32)15-12-30(8-7-18(15)28-31)22(33)27-14-5-6-17(24)16(23)9-14/h5-6,9,13,19H,2-4,7-8,10-12H2,1H3,(H,27,33). The van der Waals surface area contributed by atoms with Crippen molar-refractivity contribution in [2.75, 3.05) is 25.5 Å². The second-order valence-electron chi connectivity index (χ2n) is 8.56. The Kier molecular flexibility index (Phi) is 6.96. The van der Waals surface area contributed by atoms with Crippen LogP contribution in [0, 0.1) is 11.7 Å². The minimum atomic E-state index is -2.32. The molecular weight excluding hydrogens is 503 g/mol. The first-order valence-electron chi connectivity index (χ1n) is 10.9. The molecule has 0 saturated carbocycles. The number of amides is 3. The first-order valence-corrected chi connectivity index (χ1v) is 11.7. The molecule has 3 amide bonds. The third-order valence-corrected chi connectivity index (χ3v) is 6.71. The minimum Gasteiger partial charge on any atom is -0.340 e. The number of carbonyl (C=O) groups is 2. The Morgan fingerprint density at radius 2 is 2.12 bits per heavy atom. The van der Waals surface area contributed by atoms with E-state index < -0.39 is 12.2 Å². The van der Waals surface area contributed by atoms with E-state index in [0.717, 1.165) is 11.3 Å². The molecule has 1 unspecified atom stereocenters. The Morgan fingerprint density at radius 3 is 2.85 bits per heavy atom. The van der Waals surface area contributed by atoms with Gasteiger partial charge in [-0.1, -0.05) is 0 Å². The highest BCUT2D eigenvalue weighted by Crippen LogP contribution is 2.28. The number of aromatic nitrogens is 2. The maximum atomic E-state index is 13.5. The van der Waals surface area contributed by atoms with Crippen molar-refractivity contribution >= 4 is 33.6 Å². The normalized spacial score (nSPS) is 18.2. The lowest BCUT2D eigenvalue weighted by molar-refractivity contribution is 0.0773. The number of carbonyl (C=O) groups excluding carboxylic acids is 2. The first-order chi connectivity index (χ1) is 15.7. The van der Waals surface area contributed by atoms with E-state index in [0.29, 0.717) is 50.3 Å². The van der Waals surface area contributed by atoms with Crippen molar-refractivity contribution in [1.29, 1.82) is 0 Å². The molecule has 7 nitrogen and oxygen atoms in total. The van der Waals surface area contributed by atoms with Crippen LogP contribution in [-0.4, -0.2) is 58.1 Å². The summed E-state index contributed by atoms with van der Waals surface area (Å²) in [6, 6.07) is 3.88. The number of hydrogen-bond donors (Lipinski definition) is 1. The topological polar surface area (TPSA) is 70.5 Å². The zero-order valence-corrected chi connectivity index (χ0v) is 19.7. The van der Waals surface area contributed by atoms with Crippen LogP contribution in [-0.2, 0) is 19.5 Å². The van der Waals surface area contributed by atoms with Crippen LogP contribution in [0.2, 0.25) is 0 Å². The Hall–Kier alpha value is -2.56. The van der Waals surface area contributed by atoms with Crippen molar-refractivity contribution in [2.24, 2.45) is 5.92 Å². The highest BCUT2D eigenvalue weighted by atomic mass is 79.9. The number of rotatable bonds is 5. The summed E-state index contributed by atoms with van der Waals surface area (Å²) in [5, 5.41) is 7.40. The summed E-state index contributed by atoms with van der Waals surface area (Å²) in [5.41, 5.74) is 2.43. The van der Waals surface area contributed by atoms with Crippen LogP contribution in [0.25, 0.3) is 0 Å². The molecule has 1 aromatic heterocycles. The van der Waals surface area contributed by atoms with Gasteiger partial charge in [0.15, 0.2) is 0 Å². The number of nitrogens with zero attached hydrogens (tertiary/aromatic N) is 4. The molecule has 2 aromatic rings. The van der Waals surface area contributed by atoms with Crippen molar-refractivity contribution in [3.63, 3.8) is 0 Å². The highest BCUT2D eigenvalue weighted by molar-refractivity contribution is 9.10. The number of nitrogens with one attached hydrogen (secondary N) is 1. The highest BCUT2D eigenvalue weighted by Gasteiger charge is 2.34. The van der Waals surface area contributed by atoms with Crippen molar-refractivity contribution in [3.05, 3.63) is 45.4 Å². The Labute approximate surface area is 198 Å². The molecule has 0 bridgehead atoms. The fourth-order valence-electron chi connectivity index (χ4n) is 4.44. The predicted molar refractivity (Wildman–Crippen MR) is 120 cm³/mol. The summed E-state index contributed by atoms with van der Waals surface area (Å²) in [6.45, 7) is 1.62. The maximum absolute atomic E-state index is 13.5. The quantitative estimate of drug-likeness (QED) is 0.621. The van der Waals surface area contributed by atoms with Gasteiger partial charge in [-0.3, -0.25) is 9.48 Å². The second kappa shape index (κ2) is 9.74. The summed E-state index contributed by atoms with van der Waals surface area (Å²) < 4.78 is 40.5. The van der Waals surface area contributed by atoms with Gasteiger partial charge in [0, 0.05) is 50.8 Å². The largest absolute Gasteiger partial charge is 0.340 e. The maximum Gasteiger partial charge on any atom is 0.322 e. The summed E-state index contributed by atoms with van der Waals surface area (Å²) in [4.78, 5) is 29.2. The van der Waals surface area contributed by atoms with E-state index in [2.05, 4.69) is 26.3 Å². The molecular formula is C22H25BrF3N5O2. The molecule has 1 N–H and O–H groups in total. The van der Waals surface area contributed by atoms with E-state index >= 15 is 0 Å². The molecule has 4 rings (SSSR count). The van der Waals surface area contributed by atoms with Crippen LogP contribution in [0.15, 0.2) is 22.7 Å². The zero-order chi connectivity index (χ0) is 23.7. The molecule has 178 valence electrons. The molecule has 3 heterocycles. The molecule has 0 saturated heterocycles. The average molecular weight is 528 g/mol. The molecule has 0 radical (unpaired) electrons. The lowest BCUT2D eigenvalue weighted by Crippen LogP contribution is -2.39. The van der Waals surface area contributed by atoms with Gasteiger partial charge in [0.1, 0.15) is 11.5 Å². The van der Waals surface area contributed by atoms with Gasteiger partial charge >= 0.3 is 6.03 Å². The van der Waals surface area contributed by atoms with E-state index in [1.807, 2.05) is 0 Å². The van der Waals surface area contributed by atoms with E-state index in [4.69, 9.17) is 0 Å². The zero-order valence-electron chi connectivity index (χ0n) is 18.2. The molecule has 1 aromatic carbocycles. The molecule has 0 fully saturated rings. The predicted octanol–water partition coefficient (Wildman–Crippen LogP) is 4.51. The fraction of sp³-hybridized carbons (Fsp3) is 0.500. The minimum absolute atomic E-state index is 0.0385. The van der Waals surface area contributed by atoms with Gasteiger partial charge in [0.25, 0.3) is 5.91 Å². The average Bonchev–Trinajstić information content (AvgIpc) is 3.06. The molecule has 2 aliphatic rings. The SMILES string of the molecule is CN1CC(CCCC(F)F)Cn2nc3c(c2C1=O)CN(C(=O)Nc1ccc(F)c(Br)c1)CC3. The number of fused-ring (bicyclic) bond motifs is 3. The smallest absolute Gasteiger partial charge is 0.322 e.